The van der Waals surface area contributed by atoms with Crippen molar-refractivity contribution in [2.24, 2.45) is 0 Å². The van der Waals surface area contributed by atoms with E-state index in [-0.39, 0.29) is 12.2 Å². The van der Waals surface area contributed by atoms with Gasteiger partial charge in [0.05, 0.1) is 5.75 Å². The number of benzene rings is 2. The summed E-state index contributed by atoms with van der Waals surface area (Å²) >= 11 is 1.59. The number of carbonyl (C=O) groups is 1. The molecule has 1 aromatic heterocycles. The number of hydrogen-bond acceptors (Lipinski definition) is 5. The van der Waals surface area contributed by atoms with Gasteiger partial charge in [-0.3, -0.25) is 9.35 Å². The molecule has 0 aliphatic heterocycles. The maximum Gasteiger partial charge on any atom is 0.264 e. The molecule has 0 amide bonds. The average molecular weight is 431 g/mol. The van der Waals surface area contributed by atoms with Gasteiger partial charge in [0.1, 0.15) is 12.4 Å². The molecule has 0 radical (unpaired) electrons. The number of Topliss-reactive ketones (excluding diaryl/α,β-unsaturated/α-hetero) is 1. The molecule has 0 fully saturated rings. The molecular weight excluding hydrogens is 408 g/mol. The summed E-state index contributed by atoms with van der Waals surface area (Å²) in [5.41, 5.74) is 3.14. The molecule has 3 aromatic rings. The van der Waals surface area contributed by atoms with Gasteiger partial charge in [-0.15, -0.1) is 0 Å². The lowest BCUT2D eigenvalue weighted by Gasteiger charge is -2.18. The van der Waals surface area contributed by atoms with E-state index in [2.05, 4.69) is 0 Å². The maximum absolute atomic E-state index is 13.3. The molecule has 0 bridgehead atoms. The van der Waals surface area contributed by atoms with Gasteiger partial charge in [0, 0.05) is 11.5 Å². The molecule has 29 heavy (non-hydrogen) atoms. The van der Waals surface area contributed by atoms with E-state index in [1.165, 1.54) is 0 Å². The van der Waals surface area contributed by atoms with Crippen molar-refractivity contribution in [1.29, 1.82) is 0 Å². The fourth-order valence-electron chi connectivity index (χ4n) is 3.15. The largest absolute Gasteiger partial charge is 0.489 e. The predicted octanol–water partition coefficient (Wildman–Crippen LogP) is 4.88. The Balaban J connectivity index is 1.85. The Bertz CT molecular complexity index is 1070. The smallest absolute Gasteiger partial charge is 0.264 e. The van der Waals surface area contributed by atoms with E-state index in [0.29, 0.717) is 17.9 Å². The normalized spacial score (nSPS) is 12.5. The van der Waals surface area contributed by atoms with Crippen molar-refractivity contribution in [2.75, 3.05) is 5.75 Å². The Kier molecular flexibility index (Phi) is 6.84. The van der Waals surface area contributed by atoms with Crippen LogP contribution in [0.3, 0.4) is 0 Å². The molecule has 1 unspecified atom stereocenters. The van der Waals surface area contributed by atoms with E-state index in [9.17, 15) is 17.8 Å². The van der Waals surface area contributed by atoms with E-state index >= 15 is 0 Å². The van der Waals surface area contributed by atoms with Crippen molar-refractivity contribution in [1.82, 2.24) is 0 Å². The molecule has 3 rings (SSSR count). The number of rotatable bonds is 9. The van der Waals surface area contributed by atoms with Gasteiger partial charge in [0.25, 0.3) is 10.1 Å². The summed E-state index contributed by atoms with van der Waals surface area (Å²) in [7, 11) is -4.17. The number of carbonyl (C=O) groups excluding carboxylic acids is 1. The Morgan fingerprint density at radius 1 is 1.14 bits per heavy atom. The Morgan fingerprint density at radius 2 is 1.93 bits per heavy atom. The predicted molar refractivity (Wildman–Crippen MR) is 114 cm³/mol. The van der Waals surface area contributed by atoms with Crippen molar-refractivity contribution in [3.8, 4) is 5.75 Å². The van der Waals surface area contributed by atoms with Crippen LogP contribution in [0.2, 0.25) is 0 Å². The van der Waals surface area contributed by atoms with Crippen LogP contribution in [0.25, 0.3) is 0 Å². The highest BCUT2D eigenvalue weighted by molar-refractivity contribution is 7.85. The molecule has 152 valence electrons. The summed E-state index contributed by atoms with van der Waals surface area (Å²) in [6, 6.07) is 16.2. The zero-order valence-corrected chi connectivity index (χ0v) is 17.6. The van der Waals surface area contributed by atoms with E-state index in [4.69, 9.17) is 4.74 Å². The van der Waals surface area contributed by atoms with Gasteiger partial charge >= 0.3 is 0 Å². The van der Waals surface area contributed by atoms with Gasteiger partial charge in [-0.05, 0) is 59.0 Å². The third-order valence-electron chi connectivity index (χ3n) is 4.65. The molecule has 0 aliphatic rings. The van der Waals surface area contributed by atoms with Crippen LogP contribution < -0.4 is 4.74 Å². The van der Waals surface area contributed by atoms with Crippen molar-refractivity contribution >= 4 is 27.2 Å². The Morgan fingerprint density at radius 3 is 2.62 bits per heavy atom. The fourth-order valence-corrected chi connectivity index (χ4v) is 4.34. The summed E-state index contributed by atoms with van der Waals surface area (Å²) < 4.78 is 37.5. The molecule has 0 spiro atoms. The topological polar surface area (TPSA) is 80.7 Å². The number of hydrogen-bond donors (Lipinski definition) is 1. The molecule has 0 aliphatic carbocycles. The van der Waals surface area contributed by atoms with Crippen LogP contribution in [0, 0.1) is 6.92 Å². The summed E-state index contributed by atoms with van der Waals surface area (Å²) in [6.45, 7) is 2.29. The van der Waals surface area contributed by atoms with Gasteiger partial charge in [-0.25, -0.2) is 0 Å². The summed E-state index contributed by atoms with van der Waals surface area (Å²) in [4.78, 5) is 13.3. The zero-order chi connectivity index (χ0) is 20.9. The standard InChI is InChI=1S/C22H22O5S2/c1-16-5-2-3-8-20(16)21(10-12-29(24,25)26)22(23)18-6-4-7-19(13-18)27-14-17-9-11-28-15-17/h2-9,11,13,15,21H,10,12,14H2,1H3,(H,24,25,26). The first-order valence-electron chi connectivity index (χ1n) is 9.12. The lowest BCUT2D eigenvalue weighted by molar-refractivity contribution is 0.0957. The molecule has 7 heteroatoms. The van der Waals surface area contributed by atoms with Crippen LogP contribution in [0.5, 0.6) is 5.75 Å². The van der Waals surface area contributed by atoms with Gasteiger partial charge in [0.2, 0.25) is 0 Å². The number of ketones is 1. The number of ether oxygens (including phenoxy) is 1. The third kappa shape index (κ3) is 6.00. The van der Waals surface area contributed by atoms with Crippen LogP contribution in [0.15, 0.2) is 65.4 Å². The first-order chi connectivity index (χ1) is 13.8. The van der Waals surface area contributed by atoms with E-state index in [0.717, 1.165) is 16.7 Å². The molecule has 1 heterocycles. The van der Waals surface area contributed by atoms with Crippen LogP contribution >= 0.6 is 11.3 Å². The summed E-state index contributed by atoms with van der Waals surface area (Å²) in [5, 5.41) is 3.97. The monoisotopic (exact) mass is 430 g/mol. The third-order valence-corrected chi connectivity index (χ3v) is 6.13. The summed E-state index contributed by atoms with van der Waals surface area (Å²) in [5.74, 6) is -0.791. The minimum Gasteiger partial charge on any atom is -0.489 e. The van der Waals surface area contributed by atoms with Crippen LogP contribution in [-0.2, 0) is 16.7 Å². The number of thiophene rings is 1. The Hall–Kier alpha value is -2.48. The van der Waals surface area contributed by atoms with Crippen LogP contribution in [0.1, 0.15) is 39.4 Å². The SMILES string of the molecule is Cc1ccccc1C(CCS(=O)(=O)O)C(=O)c1cccc(OCc2ccsc2)c1. The quantitative estimate of drug-likeness (QED) is 0.387. The molecule has 5 nitrogen and oxygen atoms in total. The molecule has 1 N–H and O–H groups in total. The van der Waals surface area contributed by atoms with Crippen molar-refractivity contribution < 1.29 is 22.5 Å². The Labute approximate surface area is 174 Å². The average Bonchev–Trinajstić information content (AvgIpc) is 3.21. The van der Waals surface area contributed by atoms with E-state index < -0.39 is 21.8 Å². The van der Waals surface area contributed by atoms with Crippen molar-refractivity contribution in [2.45, 2.75) is 25.9 Å². The second-order valence-electron chi connectivity index (χ2n) is 6.80. The second-order valence-corrected chi connectivity index (χ2v) is 9.15. The lowest BCUT2D eigenvalue weighted by atomic mass is 9.86. The first kappa shape index (κ1) is 21.2. The molecule has 0 saturated carbocycles. The minimum absolute atomic E-state index is 0.00249. The van der Waals surface area contributed by atoms with E-state index in [1.807, 2.05) is 48.0 Å². The van der Waals surface area contributed by atoms with Gasteiger partial charge in [-0.2, -0.15) is 19.8 Å². The highest BCUT2D eigenvalue weighted by Gasteiger charge is 2.25. The van der Waals surface area contributed by atoms with Gasteiger partial charge in [-0.1, -0.05) is 36.4 Å². The zero-order valence-electron chi connectivity index (χ0n) is 15.9. The number of aryl methyl sites for hydroxylation is 1. The lowest BCUT2D eigenvalue weighted by Crippen LogP contribution is -2.18. The van der Waals surface area contributed by atoms with Crippen LogP contribution in [0.4, 0.5) is 0 Å². The van der Waals surface area contributed by atoms with Gasteiger partial charge in [0.15, 0.2) is 5.78 Å². The molecule has 2 aromatic carbocycles. The first-order valence-corrected chi connectivity index (χ1v) is 11.7. The minimum atomic E-state index is -4.17. The van der Waals surface area contributed by atoms with Gasteiger partial charge < -0.3 is 4.74 Å². The molecule has 1 atom stereocenters. The van der Waals surface area contributed by atoms with Crippen molar-refractivity contribution in [3.05, 3.63) is 87.6 Å². The second kappa shape index (κ2) is 9.35. The van der Waals surface area contributed by atoms with Crippen LogP contribution in [-0.4, -0.2) is 24.5 Å². The fraction of sp³-hybridized carbons (Fsp3) is 0.227. The summed E-state index contributed by atoms with van der Waals surface area (Å²) in [6.07, 6.45) is 0.00249. The highest BCUT2D eigenvalue weighted by atomic mass is 32.2. The maximum atomic E-state index is 13.3. The van der Waals surface area contributed by atoms with Crippen molar-refractivity contribution in [3.63, 3.8) is 0 Å². The van der Waals surface area contributed by atoms with E-state index in [1.54, 1.807) is 35.6 Å². The molecular formula is C22H22O5S2. The molecule has 0 saturated heterocycles. The highest BCUT2D eigenvalue weighted by Crippen LogP contribution is 2.29.